The number of carbonyl (C=O) groups is 2. The topological polar surface area (TPSA) is 121 Å². The molecule has 2 N–H and O–H groups in total. The van der Waals surface area contributed by atoms with Gasteiger partial charge in [0.15, 0.2) is 23.0 Å². The molecule has 34 heavy (non-hydrogen) atoms. The molecule has 1 amide bonds. The molecule has 0 aliphatic rings. The number of nitrogens with two attached hydrogens (primary N) is 1. The fraction of sp³-hybridized carbons (Fsp3) is 0.269. The van der Waals surface area contributed by atoms with Gasteiger partial charge in [0.25, 0.3) is 5.91 Å². The molecular formula is C26H28N2O6. The third kappa shape index (κ3) is 7.71. The summed E-state index contributed by atoms with van der Waals surface area (Å²) in [6.07, 6.45) is 5.13. The van der Waals surface area contributed by atoms with Gasteiger partial charge in [0.2, 0.25) is 0 Å². The zero-order valence-corrected chi connectivity index (χ0v) is 19.7. The minimum atomic E-state index is -0.839. The number of benzene rings is 2. The van der Waals surface area contributed by atoms with Crippen LogP contribution in [0.4, 0.5) is 0 Å². The Labute approximate surface area is 199 Å². The Hall–Kier alpha value is -4.25. The van der Waals surface area contributed by atoms with Gasteiger partial charge in [-0.15, -0.1) is 0 Å². The lowest BCUT2D eigenvalue weighted by Crippen LogP contribution is -2.12. The van der Waals surface area contributed by atoms with Crippen LogP contribution in [0.1, 0.15) is 31.4 Å². The van der Waals surface area contributed by atoms with Crippen molar-refractivity contribution < 1.29 is 28.5 Å². The lowest BCUT2D eigenvalue weighted by atomic mass is 10.1. The highest BCUT2D eigenvalue weighted by Gasteiger charge is 2.11. The van der Waals surface area contributed by atoms with Crippen LogP contribution in [0.3, 0.4) is 0 Å². The predicted molar refractivity (Wildman–Crippen MR) is 128 cm³/mol. The summed E-state index contributed by atoms with van der Waals surface area (Å²) < 4.78 is 21.8. The number of nitriles is 1. The molecular weight excluding hydrogens is 436 g/mol. The van der Waals surface area contributed by atoms with E-state index in [1.54, 1.807) is 37.5 Å². The van der Waals surface area contributed by atoms with Crippen LogP contribution in [-0.2, 0) is 9.59 Å². The quantitative estimate of drug-likeness (QED) is 0.230. The number of rotatable bonds is 11. The minimum absolute atomic E-state index is 0.179. The van der Waals surface area contributed by atoms with E-state index in [0.29, 0.717) is 29.6 Å². The molecule has 0 aromatic heterocycles. The molecule has 2 aromatic carbocycles. The molecule has 0 saturated heterocycles. The highest BCUT2D eigenvalue weighted by atomic mass is 16.6. The van der Waals surface area contributed by atoms with Crippen molar-refractivity contribution in [1.82, 2.24) is 0 Å². The molecule has 0 aliphatic carbocycles. The second-order valence-electron chi connectivity index (χ2n) is 7.64. The summed E-state index contributed by atoms with van der Waals surface area (Å²) in [4.78, 5) is 23.6. The van der Waals surface area contributed by atoms with Crippen LogP contribution in [0.25, 0.3) is 12.2 Å². The van der Waals surface area contributed by atoms with E-state index in [2.05, 4.69) is 13.8 Å². The molecule has 0 aliphatic heterocycles. The van der Waals surface area contributed by atoms with E-state index >= 15 is 0 Å². The van der Waals surface area contributed by atoms with Gasteiger partial charge in [-0.25, -0.2) is 4.79 Å². The average Bonchev–Trinajstić information content (AvgIpc) is 2.81. The standard InChI is InChI=1S/C26H28N2O6/c1-17(2)11-12-33-21-8-5-18(14-23(21)31-3)7-10-25(29)34-22-9-6-19(15-24(22)32-4)13-20(16-27)26(28)30/h5-10,13-15,17H,11-12H2,1-4H3,(H2,28,30)/b10-7+,20-13+. The molecule has 0 radical (unpaired) electrons. The van der Waals surface area contributed by atoms with Crippen molar-refractivity contribution in [3.05, 3.63) is 59.2 Å². The van der Waals surface area contributed by atoms with Gasteiger partial charge in [-0.2, -0.15) is 5.26 Å². The fourth-order valence-corrected chi connectivity index (χ4v) is 2.80. The van der Waals surface area contributed by atoms with E-state index in [0.717, 1.165) is 12.0 Å². The second kappa shape index (κ2) is 12.7. The zero-order chi connectivity index (χ0) is 25.1. The van der Waals surface area contributed by atoms with Crippen LogP contribution in [0.2, 0.25) is 0 Å². The van der Waals surface area contributed by atoms with Gasteiger partial charge in [-0.3, -0.25) is 4.79 Å². The summed E-state index contributed by atoms with van der Waals surface area (Å²) in [5, 5.41) is 8.97. The summed E-state index contributed by atoms with van der Waals surface area (Å²) in [6, 6.07) is 11.7. The van der Waals surface area contributed by atoms with Crippen LogP contribution in [0.15, 0.2) is 48.0 Å². The lowest BCUT2D eigenvalue weighted by molar-refractivity contribution is -0.129. The van der Waals surface area contributed by atoms with E-state index in [-0.39, 0.29) is 17.1 Å². The van der Waals surface area contributed by atoms with Gasteiger partial charge in [-0.1, -0.05) is 26.0 Å². The first-order valence-corrected chi connectivity index (χ1v) is 10.6. The van der Waals surface area contributed by atoms with Crippen molar-refractivity contribution in [3.63, 3.8) is 0 Å². The second-order valence-corrected chi connectivity index (χ2v) is 7.64. The maximum Gasteiger partial charge on any atom is 0.336 e. The van der Waals surface area contributed by atoms with E-state index in [9.17, 15) is 9.59 Å². The molecule has 0 unspecified atom stereocenters. The molecule has 178 valence electrons. The lowest BCUT2D eigenvalue weighted by Gasteiger charge is -2.12. The molecule has 2 aromatic rings. The molecule has 0 bridgehead atoms. The van der Waals surface area contributed by atoms with E-state index in [1.165, 1.54) is 31.4 Å². The average molecular weight is 465 g/mol. The number of hydrogen-bond donors (Lipinski definition) is 1. The summed E-state index contributed by atoms with van der Waals surface area (Å²) in [7, 11) is 2.97. The Bertz CT molecular complexity index is 1130. The first kappa shape index (κ1) is 26.0. The zero-order valence-electron chi connectivity index (χ0n) is 19.7. The van der Waals surface area contributed by atoms with Gasteiger partial charge in [-0.05, 0) is 59.9 Å². The van der Waals surface area contributed by atoms with Crippen LogP contribution < -0.4 is 24.7 Å². The fourth-order valence-electron chi connectivity index (χ4n) is 2.80. The first-order chi connectivity index (χ1) is 16.3. The molecule has 0 spiro atoms. The van der Waals surface area contributed by atoms with E-state index in [1.807, 2.05) is 6.07 Å². The molecule has 2 rings (SSSR count). The smallest absolute Gasteiger partial charge is 0.336 e. The third-order valence-electron chi connectivity index (χ3n) is 4.65. The number of esters is 1. The van der Waals surface area contributed by atoms with Gasteiger partial charge >= 0.3 is 5.97 Å². The molecule has 0 atom stereocenters. The van der Waals surface area contributed by atoms with Crippen molar-refractivity contribution in [2.75, 3.05) is 20.8 Å². The van der Waals surface area contributed by atoms with Gasteiger partial charge in [0, 0.05) is 6.08 Å². The highest BCUT2D eigenvalue weighted by Crippen LogP contribution is 2.30. The first-order valence-electron chi connectivity index (χ1n) is 10.6. The highest BCUT2D eigenvalue weighted by molar-refractivity contribution is 6.00. The van der Waals surface area contributed by atoms with Crippen LogP contribution in [0, 0.1) is 17.2 Å². The Balaban J connectivity index is 2.11. The molecule has 8 heteroatoms. The number of primary amides is 1. The Morgan fingerprint density at radius 1 is 1.00 bits per heavy atom. The van der Waals surface area contributed by atoms with Gasteiger partial charge in [0.05, 0.1) is 20.8 Å². The van der Waals surface area contributed by atoms with Crippen molar-refractivity contribution in [2.45, 2.75) is 20.3 Å². The largest absolute Gasteiger partial charge is 0.493 e. The molecule has 0 saturated carbocycles. The van der Waals surface area contributed by atoms with Crippen molar-refractivity contribution in [2.24, 2.45) is 11.7 Å². The van der Waals surface area contributed by atoms with Crippen LogP contribution in [0.5, 0.6) is 23.0 Å². The number of ether oxygens (including phenoxy) is 4. The summed E-state index contributed by atoms with van der Waals surface area (Å²) in [6.45, 7) is 4.85. The van der Waals surface area contributed by atoms with E-state index in [4.69, 9.17) is 29.9 Å². The third-order valence-corrected chi connectivity index (χ3v) is 4.65. The monoisotopic (exact) mass is 464 g/mol. The van der Waals surface area contributed by atoms with Crippen molar-refractivity contribution >= 4 is 24.0 Å². The SMILES string of the molecule is COc1cc(/C=C/C(=O)Oc2ccc(/C=C(\C#N)C(N)=O)cc2OC)ccc1OCCC(C)C. The van der Waals surface area contributed by atoms with Gasteiger partial charge in [0.1, 0.15) is 11.6 Å². The minimum Gasteiger partial charge on any atom is -0.493 e. The molecule has 0 heterocycles. The summed E-state index contributed by atoms with van der Waals surface area (Å²) in [5.74, 6) is 0.715. The summed E-state index contributed by atoms with van der Waals surface area (Å²) in [5.41, 5.74) is 6.16. The number of hydrogen-bond acceptors (Lipinski definition) is 7. The number of amides is 1. The maximum atomic E-state index is 12.3. The predicted octanol–water partition coefficient (Wildman–Crippen LogP) is 4.14. The Morgan fingerprint density at radius 3 is 2.24 bits per heavy atom. The summed E-state index contributed by atoms with van der Waals surface area (Å²) >= 11 is 0. The Morgan fingerprint density at radius 2 is 1.62 bits per heavy atom. The number of nitrogens with zero attached hydrogens (tertiary/aromatic N) is 1. The van der Waals surface area contributed by atoms with Crippen molar-refractivity contribution in [1.29, 1.82) is 5.26 Å². The van der Waals surface area contributed by atoms with Gasteiger partial charge < -0.3 is 24.7 Å². The Kier molecular flexibility index (Phi) is 9.72. The molecule has 0 fully saturated rings. The molecule has 8 nitrogen and oxygen atoms in total. The van der Waals surface area contributed by atoms with Crippen molar-refractivity contribution in [3.8, 4) is 29.1 Å². The normalized spacial score (nSPS) is 11.2. The maximum absolute atomic E-state index is 12.3. The van der Waals surface area contributed by atoms with Crippen LogP contribution in [-0.4, -0.2) is 32.7 Å². The van der Waals surface area contributed by atoms with E-state index < -0.39 is 11.9 Å². The number of carbonyl (C=O) groups excluding carboxylic acids is 2. The number of methoxy groups -OCH3 is 2. The van der Waals surface area contributed by atoms with Crippen LogP contribution >= 0.6 is 0 Å².